The molecule has 1 aliphatic heterocycles. The van der Waals surface area contributed by atoms with Gasteiger partial charge in [0.25, 0.3) is 5.56 Å². The third kappa shape index (κ3) is 2.71. The highest BCUT2D eigenvalue weighted by Crippen LogP contribution is 2.25. The Kier molecular flexibility index (Phi) is 3.76. The van der Waals surface area contributed by atoms with Crippen molar-refractivity contribution >= 4 is 16.3 Å². The van der Waals surface area contributed by atoms with E-state index in [1.807, 2.05) is 24.7 Å². The number of hydrogen-bond donors (Lipinski definition) is 0. The van der Waals surface area contributed by atoms with Crippen molar-refractivity contribution in [2.75, 3.05) is 19.8 Å². The summed E-state index contributed by atoms with van der Waals surface area (Å²) < 4.78 is 9.38. The van der Waals surface area contributed by atoms with Crippen molar-refractivity contribution in [3.63, 3.8) is 0 Å². The number of aromatic nitrogens is 3. The summed E-state index contributed by atoms with van der Waals surface area (Å²) in [7, 11) is 2.05. The van der Waals surface area contributed by atoms with Gasteiger partial charge in [-0.2, -0.15) is 0 Å². The normalized spacial score (nSPS) is 19.4. The standard InChI is InChI=1S/C16H18N4O2S/c1-18-4-2-3-13(18)14-11-22-7-5-19(14)10-12-9-15(21)20-6-8-23-16(20)17-12/h2-4,6,8-9,14H,5,7,10-11H2,1H3. The summed E-state index contributed by atoms with van der Waals surface area (Å²) in [5.41, 5.74) is 2.02. The van der Waals surface area contributed by atoms with Gasteiger partial charge in [-0.1, -0.05) is 0 Å². The number of fused-ring (bicyclic) bond motifs is 1. The molecule has 3 aromatic rings. The number of thiazole rings is 1. The quantitative estimate of drug-likeness (QED) is 0.733. The molecule has 4 heterocycles. The van der Waals surface area contributed by atoms with Gasteiger partial charge in [0.05, 0.1) is 24.9 Å². The molecule has 120 valence electrons. The van der Waals surface area contributed by atoms with Gasteiger partial charge in [-0.05, 0) is 12.1 Å². The summed E-state index contributed by atoms with van der Waals surface area (Å²) in [5, 5.41) is 1.88. The summed E-state index contributed by atoms with van der Waals surface area (Å²) in [5.74, 6) is 0. The fraction of sp³-hybridized carbons (Fsp3) is 0.375. The lowest BCUT2D eigenvalue weighted by Gasteiger charge is -2.35. The number of aryl methyl sites for hydroxylation is 1. The SMILES string of the molecule is Cn1cccc1C1COCCN1Cc1cc(=O)n2ccsc2n1. The van der Waals surface area contributed by atoms with Crippen LogP contribution in [-0.2, 0) is 18.3 Å². The van der Waals surface area contributed by atoms with Crippen molar-refractivity contribution in [3.8, 4) is 0 Å². The summed E-state index contributed by atoms with van der Waals surface area (Å²) in [4.78, 5) is 19.9. The first-order valence-electron chi connectivity index (χ1n) is 7.61. The predicted molar refractivity (Wildman–Crippen MR) is 88.7 cm³/mol. The first-order valence-corrected chi connectivity index (χ1v) is 8.49. The molecule has 1 aliphatic rings. The van der Waals surface area contributed by atoms with E-state index in [1.165, 1.54) is 17.0 Å². The van der Waals surface area contributed by atoms with Crippen LogP contribution in [0.3, 0.4) is 0 Å². The second-order valence-electron chi connectivity index (χ2n) is 5.75. The second kappa shape index (κ2) is 5.92. The van der Waals surface area contributed by atoms with E-state index in [-0.39, 0.29) is 11.6 Å². The van der Waals surface area contributed by atoms with E-state index >= 15 is 0 Å². The van der Waals surface area contributed by atoms with Crippen LogP contribution in [0, 0.1) is 0 Å². The van der Waals surface area contributed by atoms with E-state index < -0.39 is 0 Å². The molecule has 1 atom stereocenters. The molecule has 0 radical (unpaired) electrons. The molecule has 0 saturated carbocycles. The minimum Gasteiger partial charge on any atom is -0.378 e. The molecule has 7 heteroatoms. The van der Waals surface area contributed by atoms with Crippen molar-refractivity contribution < 1.29 is 4.74 Å². The molecule has 3 aromatic heterocycles. The Morgan fingerprint density at radius 3 is 3.17 bits per heavy atom. The number of morpholine rings is 1. The molecular formula is C16H18N4O2S. The van der Waals surface area contributed by atoms with E-state index in [0.29, 0.717) is 19.8 Å². The van der Waals surface area contributed by atoms with Crippen LogP contribution in [0.2, 0.25) is 0 Å². The van der Waals surface area contributed by atoms with Crippen LogP contribution in [0.15, 0.2) is 40.8 Å². The first kappa shape index (κ1) is 14.6. The van der Waals surface area contributed by atoms with Crippen LogP contribution in [0.1, 0.15) is 17.4 Å². The summed E-state index contributed by atoms with van der Waals surface area (Å²) in [6.45, 7) is 2.86. The molecule has 6 nitrogen and oxygen atoms in total. The summed E-state index contributed by atoms with van der Waals surface area (Å²) in [6, 6.07) is 5.99. The third-order valence-corrected chi connectivity index (χ3v) is 5.04. The molecule has 0 N–H and O–H groups in total. The average molecular weight is 330 g/mol. The summed E-state index contributed by atoms with van der Waals surface area (Å²) in [6.07, 6.45) is 3.81. The lowest BCUT2D eigenvalue weighted by molar-refractivity contribution is -0.0157. The van der Waals surface area contributed by atoms with Gasteiger partial charge in [0.2, 0.25) is 0 Å². The van der Waals surface area contributed by atoms with Gasteiger partial charge in [-0.3, -0.25) is 14.1 Å². The lowest BCUT2D eigenvalue weighted by atomic mass is 10.1. The van der Waals surface area contributed by atoms with Crippen LogP contribution in [-0.4, -0.2) is 38.6 Å². The van der Waals surface area contributed by atoms with Gasteiger partial charge in [0.1, 0.15) is 0 Å². The molecular weight excluding hydrogens is 312 g/mol. The zero-order valence-corrected chi connectivity index (χ0v) is 13.7. The van der Waals surface area contributed by atoms with E-state index in [9.17, 15) is 4.79 Å². The van der Waals surface area contributed by atoms with Crippen LogP contribution in [0.4, 0.5) is 0 Å². The van der Waals surface area contributed by atoms with Gasteiger partial charge in [-0.25, -0.2) is 4.98 Å². The maximum atomic E-state index is 12.1. The lowest BCUT2D eigenvalue weighted by Crippen LogP contribution is -2.40. The van der Waals surface area contributed by atoms with Gasteiger partial charge in [-0.15, -0.1) is 11.3 Å². The van der Waals surface area contributed by atoms with Crippen LogP contribution in [0.5, 0.6) is 0 Å². The molecule has 23 heavy (non-hydrogen) atoms. The van der Waals surface area contributed by atoms with Gasteiger partial charge >= 0.3 is 0 Å². The molecule has 0 aromatic carbocycles. The molecule has 1 saturated heterocycles. The zero-order valence-electron chi connectivity index (χ0n) is 12.9. The molecule has 1 unspecified atom stereocenters. The van der Waals surface area contributed by atoms with Crippen molar-refractivity contribution in [2.24, 2.45) is 7.05 Å². The van der Waals surface area contributed by atoms with E-state index in [4.69, 9.17) is 4.74 Å². The molecule has 0 spiro atoms. The largest absolute Gasteiger partial charge is 0.378 e. The minimum absolute atomic E-state index is 0.0186. The van der Waals surface area contributed by atoms with E-state index in [1.54, 1.807) is 16.7 Å². The molecule has 0 bridgehead atoms. The molecule has 1 fully saturated rings. The van der Waals surface area contributed by atoms with Crippen molar-refractivity contribution in [2.45, 2.75) is 12.6 Å². The van der Waals surface area contributed by atoms with Gasteiger partial charge < -0.3 is 9.30 Å². The predicted octanol–water partition coefficient (Wildman–Crippen LogP) is 1.67. The fourth-order valence-corrected chi connectivity index (χ4v) is 3.84. The van der Waals surface area contributed by atoms with Crippen molar-refractivity contribution in [1.82, 2.24) is 18.9 Å². The Morgan fingerprint density at radius 2 is 2.35 bits per heavy atom. The van der Waals surface area contributed by atoms with E-state index in [0.717, 1.165) is 17.2 Å². The minimum atomic E-state index is -0.0186. The van der Waals surface area contributed by atoms with Gasteiger partial charge in [0.15, 0.2) is 4.96 Å². The van der Waals surface area contributed by atoms with Crippen molar-refractivity contribution in [3.05, 3.63) is 57.7 Å². The smallest absolute Gasteiger partial charge is 0.258 e. The first-order chi connectivity index (χ1) is 11.2. The Bertz CT molecular complexity index is 881. The summed E-state index contributed by atoms with van der Waals surface area (Å²) >= 11 is 1.48. The number of ether oxygens (including phenoxy) is 1. The highest BCUT2D eigenvalue weighted by Gasteiger charge is 2.26. The highest BCUT2D eigenvalue weighted by atomic mass is 32.1. The Hall–Kier alpha value is -1.96. The maximum Gasteiger partial charge on any atom is 0.258 e. The van der Waals surface area contributed by atoms with Crippen LogP contribution in [0.25, 0.3) is 4.96 Å². The fourth-order valence-electron chi connectivity index (χ4n) is 3.10. The Labute approximate surface area is 137 Å². The van der Waals surface area contributed by atoms with Crippen LogP contribution < -0.4 is 5.56 Å². The van der Waals surface area contributed by atoms with Crippen LogP contribution >= 0.6 is 11.3 Å². The molecule has 0 amide bonds. The molecule has 0 aliphatic carbocycles. The average Bonchev–Trinajstić information content (AvgIpc) is 3.17. The number of rotatable bonds is 3. The Morgan fingerprint density at radius 1 is 1.43 bits per heavy atom. The highest BCUT2D eigenvalue weighted by molar-refractivity contribution is 7.15. The van der Waals surface area contributed by atoms with Crippen molar-refractivity contribution in [1.29, 1.82) is 0 Å². The van der Waals surface area contributed by atoms with E-state index in [2.05, 4.69) is 20.5 Å². The Balaban J connectivity index is 1.64. The molecule has 4 rings (SSSR count). The monoisotopic (exact) mass is 330 g/mol. The second-order valence-corrected chi connectivity index (χ2v) is 6.62. The third-order valence-electron chi connectivity index (χ3n) is 4.29. The van der Waals surface area contributed by atoms with Gasteiger partial charge in [0, 0.05) is 49.7 Å². The maximum absolute atomic E-state index is 12.1. The number of hydrogen-bond acceptors (Lipinski definition) is 5. The number of nitrogens with zero attached hydrogens (tertiary/aromatic N) is 4. The zero-order chi connectivity index (χ0) is 15.8. The topological polar surface area (TPSA) is 51.8 Å².